The molecule has 0 unspecified atom stereocenters. The molecule has 0 radical (unpaired) electrons. The summed E-state index contributed by atoms with van der Waals surface area (Å²) >= 11 is 0. The molecule has 1 N–H and O–H groups in total. The molecule has 0 aromatic heterocycles. The van der Waals surface area contributed by atoms with Crippen LogP contribution in [0.1, 0.15) is 27.6 Å². The minimum absolute atomic E-state index is 0.0821. The van der Waals surface area contributed by atoms with E-state index in [-0.39, 0.29) is 11.6 Å². The Bertz CT molecular complexity index is 801. The number of hydrogen-bond donors (Lipinski definition) is 1. The Morgan fingerprint density at radius 1 is 1.00 bits per heavy atom. The molecule has 0 atom stereocenters. The van der Waals surface area contributed by atoms with Gasteiger partial charge in [-0.2, -0.15) is 0 Å². The third kappa shape index (κ3) is 4.08. The summed E-state index contributed by atoms with van der Waals surface area (Å²) in [6, 6.07) is 12.5. The number of carbonyl (C=O) groups excluding carboxylic acids is 2. The molecule has 1 fully saturated rings. The molecule has 5 nitrogen and oxygen atoms in total. The fourth-order valence-corrected chi connectivity index (χ4v) is 3.00. The summed E-state index contributed by atoms with van der Waals surface area (Å²) in [5.41, 5.74) is 0.910. The zero-order chi connectivity index (χ0) is 18.5. The van der Waals surface area contributed by atoms with Crippen LogP contribution in [0, 0.1) is 5.82 Å². The standard InChI is InChI=1S/C20H22FN3O2/c1-2-23-10-12-24(13-11-23)20(26)16-7-5-6-15(14-16)19(25)22-18-9-4-3-8-17(18)21/h3-9,14H,2,10-13H2,1H3,(H,22,25). The number of nitrogens with one attached hydrogen (secondary N) is 1. The van der Waals surface area contributed by atoms with E-state index in [2.05, 4.69) is 17.1 Å². The number of carbonyl (C=O) groups is 2. The Labute approximate surface area is 152 Å². The number of piperazine rings is 1. The maximum Gasteiger partial charge on any atom is 0.255 e. The second kappa shape index (κ2) is 8.10. The van der Waals surface area contributed by atoms with Gasteiger partial charge in [-0.15, -0.1) is 0 Å². The highest BCUT2D eigenvalue weighted by molar-refractivity contribution is 6.06. The maximum atomic E-state index is 13.7. The summed E-state index contributed by atoms with van der Waals surface area (Å²) < 4.78 is 13.7. The van der Waals surface area contributed by atoms with Gasteiger partial charge in [-0.1, -0.05) is 25.1 Å². The highest BCUT2D eigenvalue weighted by Crippen LogP contribution is 2.16. The SMILES string of the molecule is CCN1CCN(C(=O)c2cccc(C(=O)Nc3ccccc3F)c2)CC1. The topological polar surface area (TPSA) is 52.7 Å². The largest absolute Gasteiger partial charge is 0.336 e. The molecule has 1 aliphatic heterocycles. The van der Waals surface area contributed by atoms with Crippen LogP contribution in [0.4, 0.5) is 10.1 Å². The predicted octanol–water partition coefficient (Wildman–Crippen LogP) is 2.86. The highest BCUT2D eigenvalue weighted by Gasteiger charge is 2.22. The van der Waals surface area contributed by atoms with Gasteiger partial charge in [0.2, 0.25) is 0 Å². The van der Waals surface area contributed by atoms with E-state index >= 15 is 0 Å². The fourth-order valence-electron chi connectivity index (χ4n) is 3.00. The zero-order valence-corrected chi connectivity index (χ0v) is 14.7. The van der Waals surface area contributed by atoms with Gasteiger partial charge >= 0.3 is 0 Å². The molecule has 2 amide bonds. The first-order valence-corrected chi connectivity index (χ1v) is 8.76. The van der Waals surface area contributed by atoms with Crippen LogP contribution in [0.5, 0.6) is 0 Å². The predicted molar refractivity (Wildman–Crippen MR) is 98.8 cm³/mol. The first kappa shape index (κ1) is 18.1. The van der Waals surface area contributed by atoms with Crippen molar-refractivity contribution < 1.29 is 14.0 Å². The minimum Gasteiger partial charge on any atom is -0.336 e. The number of hydrogen-bond acceptors (Lipinski definition) is 3. The van der Waals surface area contributed by atoms with Crippen LogP contribution in [0.3, 0.4) is 0 Å². The van der Waals surface area contributed by atoms with Crippen LogP contribution in [-0.2, 0) is 0 Å². The van der Waals surface area contributed by atoms with Gasteiger partial charge in [-0.25, -0.2) is 4.39 Å². The molecule has 136 valence electrons. The summed E-state index contributed by atoms with van der Waals surface area (Å²) in [5, 5.41) is 2.54. The van der Waals surface area contributed by atoms with Gasteiger partial charge in [0, 0.05) is 37.3 Å². The second-order valence-electron chi connectivity index (χ2n) is 6.24. The van der Waals surface area contributed by atoms with Crippen molar-refractivity contribution in [3.8, 4) is 0 Å². The summed E-state index contributed by atoms with van der Waals surface area (Å²) in [4.78, 5) is 29.2. The lowest BCUT2D eigenvalue weighted by atomic mass is 10.1. The number of amides is 2. The van der Waals surface area contributed by atoms with Crippen LogP contribution < -0.4 is 5.32 Å². The number of halogens is 1. The average molecular weight is 355 g/mol. The summed E-state index contributed by atoms with van der Waals surface area (Å²) in [6.07, 6.45) is 0. The normalized spacial score (nSPS) is 14.9. The van der Waals surface area contributed by atoms with Crippen molar-refractivity contribution in [3.05, 3.63) is 65.5 Å². The number of para-hydroxylation sites is 1. The molecule has 0 aliphatic carbocycles. The lowest BCUT2D eigenvalue weighted by molar-refractivity contribution is 0.0643. The summed E-state index contributed by atoms with van der Waals surface area (Å²) in [6.45, 7) is 6.16. The maximum absolute atomic E-state index is 13.7. The smallest absolute Gasteiger partial charge is 0.255 e. The molecule has 6 heteroatoms. The van der Waals surface area contributed by atoms with Crippen LogP contribution >= 0.6 is 0 Å². The molecule has 3 rings (SSSR count). The van der Waals surface area contributed by atoms with E-state index < -0.39 is 11.7 Å². The van der Waals surface area contributed by atoms with Crippen LogP contribution in [0.2, 0.25) is 0 Å². The average Bonchev–Trinajstić information content (AvgIpc) is 2.69. The van der Waals surface area contributed by atoms with Crippen molar-refractivity contribution in [2.24, 2.45) is 0 Å². The van der Waals surface area contributed by atoms with Crippen LogP contribution in [0.15, 0.2) is 48.5 Å². The quantitative estimate of drug-likeness (QED) is 0.918. The Hall–Kier alpha value is -2.73. The van der Waals surface area contributed by atoms with Crippen molar-refractivity contribution in [1.82, 2.24) is 9.80 Å². The molecule has 26 heavy (non-hydrogen) atoms. The molecule has 0 spiro atoms. The highest BCUT2D eigenvalue weighted by atomic mass is 19.1. The van der Waals surface area contributed by atoms with E-state index in [4.69, 9.17) is 0 Å². The Balaban J connectivity index is 1.71. The van der Waals surface area contributed by atoms with Gasteiger partial charge in [-0.3, -0.25) is 9.59 Å². The van der Waals surface area contributed by atoms with Gasteiger partial charge < -0.3 is 15.1 Å². The zero-order valence-electron chi connectivity index (χ0n) is 14.7. The van der Waals surface area contributed by atoms with Gasteiger partial charge in [0.1, 0.15) is 5.82 Å². The first-order valence-electron chi connectivity index (χ1n) is 8.76. The van der Waals surface area contributed by atoms with Crippen molar-refractivity contribution >= 4 is 17.5 Å². The molecular formula is C20H22FN3O2. The Morgan fingerprint density at radius 2 is 1.69 bits per heavy atom. The van der Waals surface area contributed by atoms with Crippen molar-refractivity contribution in [1.29, 1.82) is 0 Å². The molecular weight excluding hydrogens is 333 g/mol. The van der Waals surface area contributed by atoms with E-state index in [1.807, 2.05) is 0 Å². The van der Waals surface area contributed by atoms with Crippen molar-refractivity contribution in [3.63, 3.8) is 0 Å². The number of rotatable bonds is 4. The van der Waals surface area contributed by atoms with Crippen molar-refractivity contribution in [2.75, 3.05) is 38.0 Å². The minimum atomic E-state index is -0.498. The number of anilines is 1. The molecule has 1 saturated heterocycles. The van der Waals surface area contributed by atoms with Gasteiger partial charge in [0.25, 0.3) is 11.8 Å². The molecule has 2 aromatic carbocycles. The lowest BCUT2D eigenvalue weighted by Gasteiger charge is -2.34. The molecule has 0 bridgehead atoms. The van der Waals surface area contributed by atoms with Crippen LogP contribution in [-0.4, -0.2) is 54.3 Å². The number of nitrogens with zero attached hydrogens (tertiary/aromatic N) is 2. The molecule has 2 aromatic rings. The van der Waals surface area contributed by atoms with E-state index in [0.717, 1.165) is 19.6 Å². The first-order chi connectivity index (χ1) is 12.6. The third-order valence-corrected chi connectivity index (χ3v) is 4.60. The Kier molecular flexibility index (Phi) is 5.63. The van der Waals surface area contributed by atoms with Gasteiger partial charge in [0.05, 0.1) is 5.69 Å². The van der Waals surface area contributed by atoms with Crippen molar-refractivity contribution in [2.45, 2.75) is 6.92 Å². The van der Waals surface area contributed by atoms with Crippen LogP contribution in [0.25, 0.3) is 0 Å². The van der Waals surface area contributed by atoms with E-state index in [0.29, 0.717) is 24.2 Å². The lowest BCUT2D eigenvalue weighted by Crippen LogP contribution is -2.48. The monoisotopic (exact) mass is 355 g/mol. The summed E-state index contributed by atoms with van der Waals surface area (Å²) in [5.74, 6) is -1.02. The second-order valence-corrected chi connectivity index (χ2v) is 6.24. The Morgan fingerprint density at radius 3 is 2.38 bits per heavy atom. The van der Waals surface area contributed by atoms with Gasteiger partial charge in [-0.05, 0) is 36.9 Å². The van der Waals surface area contributed by atoms with Gasteiger partial charge in [0.15, 0.2) is 0 Å². The number of likely N-dealkylation sites (N-methyl/N-ethyl adjacent to an activating group) is 1. The summed E-state index contributed by atoms with van der Waals surface area (Å²) in [7, 11) is 0. The third-order valence-electron chi connectivity index (χ3n) is 4.60. The van der Waals surface area contributed by atoms with E-state index in [9.17, 15) is 14.0 Å². The molecule has 1 heterocycles. The van der Waals surface area contributed by atoms with E-state index in [1.165, 1.54) is 12.1 Å². The number of benzene rings is 2. The molecule has 1 aliphatic rings. The molecule has 0 saturated carbocycles. The van der Waals surface area contributed by atoms with E-state index in [1.54, 1.807) is 41.3 Å². The fraction of sp³-hybridized carbons (Fsp3) is 0.300.